The third kappa shape index (κ3) is 6.45. The number of nitrogens with zero attached hydrogens (tertiary/aromatic N) is 3. The molecule has 11 aromatic rings. The molecule has 0 unspecified atom stereocenters. The van der Waals surface area contributed by atoms with Gasteiger partial charge in [0.25, 0.3) is 0 Å². The molecule has 2 aromatic heterocycles. The molecule has 0 N–H and O–H groups in total. The molecule has 0 amide bonds. The zero-order chi connectivity index (χ0) is 41.7. The molecule has 63 heavy (non-hydrogen) atoms. The second kappa shape index (κ2) is 15.4. The van der Waals surface area contributed by atoms with Crippen LogP contribution in [-0.2, 0) is 6.42 Å². The fourth-order valence-corrected chi connectivity index (χ4v) is 9.76. The number of anilines is 3. The first-order valence-electron chi connectivity index (χ1n) is 21.9. The fraction of sp³-hybridized carbons (Fsp3) is 0.0333. The monoisotopic (exact) mass is 805 g/mol. The molecule has 0 aliphatic heterocycles. The van der Waals surface area contributed by atoms with Gasteiger partial charge in [-0.2, -0.15) is 0 Å². The Morgan fingerprint density at radius 1 is 0.333 bits per heavy atom. The predicted molar refractivity (Wildman–Crippen MR) is 266 cm³/mol. The molecule has 0 atom stereocenters. The van der Waals surface area contributed by atoms with Crippen molar-refractivity contribution in [3.05, 3.63) is 242 Å². The zero-order valence-electron chi connectivity index (χ0n) is 34.8. The van der Waals surface area contributed by atoms with Crippen LogP contribution in [0.2, 0.25) is 0 Å². The molecule has 12 rings (SSSR count). The summed E-state index contributed by atoms with van der Waals surface area (Å²) in [6.45, 7) is 0. The van der Waals surface area contributed by atoms with Crippen LogP contribution in [0, 0.1) is 0 Å². The van der Waals surface area contributed by atoms with Gasteiger partial charge in [0.2, 0.25) is 0 Å². The summed E-state index contributed by atoms with van der Waals surface area (Å²) in [6, 6.07) is 81.6. The number of aryl methyl sites for hydroxylation is 1. The first-order valence-corrected chi connectivity index (χ1v) is 21.9. The first kappa shape index (κ1) is 36.7. The number of aromatic nitrogens is 2. The van der Waals surface area contributed by atoms with Crippen LogP contribution in [0.1, 0.15) is 17.7 Å². The molecule has 3 heteroatoms. The lowest BCUT2D eigenvalue weighted by molar-refractivity contribution is 0.967. The van der Waals surface area contributed by atoms with E-state index in [2.05, 4.69) is 251 Å². The topological polar surface area (TPSA) is 13.1 Å². The van der Waals surface area contributed by atoms with Crippen molar-refractivity contribution in [1.29, 1.82) is 0 Å². The van der Waals surface area contributed by atoms with Crippen LogP contribution < -0.4 is 4.90 Å². The highest BCUT2D eigenvalue weighted by molar-refractivity contribution is 6.10. The largest absolute Gasteiger partial charge is 0.311 e. The molecule has 0 spiro atoms. The molecule has 0 saturated heterocycles. The predicted octanol–water partition coefficient (Wildman–Crippen LogP) is 16.2. The van der Waals surface area contributed by atoms with Crippen molar-refractivity contribution in [3.8, 4) is 44.8 Å². The number of hydrogen-bond donors (Lipinski definition) is 0. The van der Waals surface area contributed by atoms with Gasteiger partial charge in [-0.15, -0.1) is 0 Å². The van der Waals surface area contributed by atoms with Crippen molar-refractivity contribution in [2.24, 2.45) is 0 Å². The smallest absolute Gasteiger partial charge is 0.0541 e. The van der Waals surface area contributed by atoms with Crippen LogP contribution in [0.25, 0.3) is 83.5 Å². The van der Waals surface area contributed by atoms with Gasteiger partial charge in [0.05, 0.1) is 16.6 Å². The Kier molecular flexibility index (Phi) is 8.97. The molecule has 0 saturated carbocycles. The summed E-state index contributed by atoms with van der Waals surface area (Å²) in [6.07, 6.45) is 6.79. The van der Waals surface area contributed by atoms with Crippen LogP contribution in [0.4, 0.5) is 17.1 Å². The molecule has 0 fully saturated rings. The minimum Gasteiger partial charge on any atom is -0.311 e. The second-order valence-corrected chi connectivity index (χ2v) is 16.5. The lowest BCUT2D eigenvalue weighted by atomic mass is 10.0. The minimum absolute atomic E-state index is 1.08. The molecule has 1 aliphatic rings. The Morgan fingerprint density at radius 2 is 0.762 bits per heavy atom. The summed E-state index contributed by atoms with van der Waals surface area (Å²) < 4.78 is 4.83. The maximum Gasteiger partial charge on any atom is 0.0541 e. The summed E-state index contributed by atoms with van der Waals surface area (Å²) in [7, 11) is 0. The molecular formula is C60H43N3. The van der Waals surface area contributed by atoms with E-state index in [0.29, 0.717) is 0 Å². The zero-order valence-corrected chi connectivity index (χ0v) is 34.8. The van der Waals surface area contributed by atoms with Gasteiger partial charge in [-0.25, -0.2) is 0 Å². The van der Waals surface area contributed by atoms with E-state index in [1.807, 2.05) is 0 Å². The highest BCUT2D eigenvalue weighted by Gasteiger charge is 2.19. The van der Waals surface area contributed by atoms with E-state index in [4.69, 9.17) is 0 Å². The highest BCUT2D eigenvalue weighted by Crippen LogP contribution is 2.40. The maximum absolute atomic E-state index is 2.43. The van der Waals surface area contributed by atoms with Crippen molar-refractivity contribution < 1.29 is 0 Å². The number of allylic oxidation sites excluding steroid dienone is 1. The summed E-state index contributed by atoms with van der Waals surface area (Å²) in [5.74, 6) is 0. The normalized spacial score (nSPS) is 12.3. The van der Waals surface area contributed by atoms with Gasteiger partial charge in [0, 0.05) is 50.3 Å². The average Bonchev–Trinajstić information content (AvgIpc) is 3.88. The molecule has 298 valence electrons. The maximum atomic E-state index is 2.43. The molecular weight excluding hydrogens is 763 g/mol. The van der Waals surface area contributed by atoms with Gasteiger partial charge in [-0.05, 0) is 143 Å². The second-order valence-electron chi connectivity index (χ2n) is 16.5. The van der Waals surface area contributed by atoms with Crippen LogP contribution in [-0.4, -0.2) is 9.13 Å². The van der Waals surface area contributed by atoms with E-state index in [9.17, 15) is 0 Å². The Labute approximate surface area is 367 Å². The van der Waals surface area contributed by atoms with Crippen molar-refractivity contribution >= 4 is 55.8 Å². The van der Waals surface area contributed by atoms with Gasteiger partial charge < -0.3 is 14.0 Å². The molecule has 3 nitrogen and oxygen atoms in total. The quantitative estimate of drug-likeness (QED) is 0.149. The Morgan fingerprint density at radius 3 is 1.38 bits per heavy atom. The van der Waals surface area contributed by atoms with E-state index in [0.717, 1.165) is 35.6 Å². The lowest BCUT2D eigenvalue weighted by Crippen LogP contribution is -2.10. The van der Waals surface area contributed by atoms with Crippen molar-refractivity contribution in [2.45, 2.75) is 12.8 Å². The van der Waals surface area contributed by atoms with E-state index >= 15 is 0 Å². The van der Waals surface area contributed by atoms with E-state index < -0.39 is 0 Å². The van der Waals surface area contributed by atoms with E-state index in [1.165, 1.54) is 83.0 Å². The van der Waals surface area contributed by atoms with Gasteiger partial charge >= 0.3 is 0 Å². The van der Waals surface area contributed by atoms with Crippen LogP contribution >= 0.6 is 0 Å². The summed E-state index contributed by atoms with van der Waals surface area (Å²) >= 11 is 0. The van der Waals surface area contributed by atoms with Crippen LogP contribution in [0.5, 0.6) is 0 Å². The molecule has 0 bridgehead atoms. The minimum atomic E-state index is 1.08. The lowest BCUT2D eigenvalue weighted by Gasteiger charge is -2.26. The Hall–Kier alpha value is -8.14. The number of para-hydroxylation sites is 2. The molecule has 2 heterocycles. The third-order valence-electron chi connectivity index (χ3n) is 12.8. The highest BCUT2D eigenvalue weighted by atomic mass is 15.1. The third-order valence-corrected chi connectivity index (χ3v) is 12.8. The number of hydrogen-bond acceptors (Lipinski definition) is 1. The van der Waals surface area contributed by atoms with Gasteiger partial charge in [-0.3, -0.25) is 0 Å². The van der Waals surface area contributed by atoms with Gasteiger partial charge in [0.1, 0.15) is 0 Å². The van der Waals surface area contributed by atoms with Crippen molar-refractivity contribution in [1.82, 2.24) is 9.13 Å². The Balaban J connectivity index is 0.903. The summed E-state index contributed by atoms with van der Waals surface area (Å²) in [4.78, 5) is 2.35. The standard InChI is InChI=1S/C60H43N3/c1-3-13-42(14-4-1)44-23-30-48(31-24-44)61(49-32-25-45(26-33-49)43-15-5-2-6-16-43)50-36-38-52(39-37-50)63-59-22-12-9-19-55(59)56-41-47(29-40-60(56)63)46-27-34-51(35-28-46)62-57-20-10-7-17-53(57)54-18-8-11-21-58(54)62/h1-7,9-17,19-41H,8,18H2. The summed E-state index contributed by atoms with van der Waals surface area (Å²) in [5.41, 5.74) is 19.2. The van der Waals surface area contributed by atoms with E-state index in [-0.39, 0.29) is 0 Å². The Bertz CT molecular complexity index is 3360. The van der Waals surface area contributed by atoms with Crippen molar-refractivity contribution in [2.75, 3.05) is 4.90 Å². The van der Waals surface area contributed by atoms with Gasteiger partial charge in [0.15, 0.2) is 0 Å². The number of benzene rings is 9. The number of rotatable bonds is 8. The summed E-state index contributed by atoms with van der Waals surface area (Å²) in [5, 5.41) is 3.84. The molecule has 9 aromatic carbocycles. The molecule has 0 radical (unpaired) electrons. The number of fused-ring (bicyclic) bond motifs is 6. The van der Waals surface area contributed by atoms with Crippen LogP contribution in [0.3, 0.4) is 0 Å². The van der Waals surface area contributed by atoms with Crippen LogP contribution in [0.15, 0.2) is 231 Å². The van der Waals surface area contributed by atoms with E-state index in [1.54, 1.807) is 0 Å². The first-order chi connectivity index (χ1) is 31.2. The average molecular weight is 806 g/mol. The fourth-order valence-electron chi connectivity index (χ4n) is 9.76. The van der Waals surface area contributed by atoms with Crippen molar-refractivity contribution in [3.63, 3.8) is 0 Å². The van der Waals surface area contributed by atoms with Gasteiger partial charge in [-0.1, -0.05) is 146 Å². The SMILES string of the molecule is C1=Cc2c(c3ccccc3n2-c2ccc(-c3ccc4c(c3)c3ccccc3n4-c3ccc(N(c4ccc(-c5ccccc5)cc4)c4ccc(-c5ccccc5)cc4)cc3)cc2)CC1. The molecule has 1 aliphatic carbocycles.